The van der Waals surface area contributed by atoms with E-state index in [1.165, 1.54) is 57.8 Å². The molecule has 0 aromatic carbocycles. The summed E-state index contributed by atoms with van der Waals surface area (Å²) in [6.45, 7) is 4.60. The number of rotatable bonds is 2. The molecule has 0 radical (unpaired) electrons. The van der Waals surface area contributed by atoms with Gasteiger partial charge in [-0.25, -0.2) is 0 Å². The lowest BCUT2D eigenvalue weighted by atomic mass is 9.54. The molecule has 0 aromatic heterocycles. The Labute approximate surface area is 148 Å². The summed E-state index contributed by atoms with van der Waals surface area (Å²) in [5.41, 5.74) is 2.14. The molecule has 2 nitrogen and oxygen atoms in total. The van der Waals surface area contributed by atoms with Crippen molar-refractivity contribution in [2.24, 2.45) is 35.0 Å². The standard InChI is InChI=1S/C22H36O2/c1-14(23)19-7-4-16-12-15(19)5-9-21-20(16)8-6-17-13-18(24-3)10-11-22(17,21)2/h6,14-16,18-21,23H,4-5,7-13H2,1-3H3/t14-,15-,16-,18+,19-,20?,21?,22+/m1/s1. The van der Waals surface area contributed by atoms with Crippen molar-refractivity contribution in [3.8, 4) is 0 Å². The van der Waals surface area contributed by atoms with Gasteiger partial charge < -0.3 is 9.84 Å². The van der Waals surface area contributed by atoms with Crippen LogP contribution in [0.3, 0.4) is 0 Å². The summed E-state index contributed by atoms with van der Waals surface area (Å²) >= 11 is 0. The number of aliphatic hydroxyl groups excluding tert-OH is 1. The summed E-state index contributed by atoms with van der Waals surface area (Å²) in [6, 6.07) is 0. The second-order valence-electron chi connectivity index (χ2n) is 9.57. The van der Waals surface area contributed by atoms with Crippen molar-refractivity contribution in [3.63, 3.8) is 0 Å². The molecule has 2 heteroatoms. The molecule has 0 heterocycles. The summed E-state index contributed by atoms with van der Waals surface area (Å²) in [6.07, 6.45) is 14.7. The topological polar surface area (TPSA) is 29.5 Å². The van der Waals surface area contributed by atoms with Crippen LogP contribution in [0.2, 0.25) is 0 Å². The summed E-state index contributed by atoms with van der Waals surface area (Å²) in [5, 5.41) is 10.2. The number of hydrogen-bond donors (Lipinski definition) is 1. The number of fused-ring (bicyclic) bond motifs is 6. The monoisotopic (exact) mass is 332 g/mol. The van der Waals surface area contributed by atoms with Gasteiger partial charge in [-0.2, -0.15) is 0 Å². The molecule has 2 bridgehead atoms. The maximum absolute atomic E-state index is 10.2. The van der Waals surface area contributed by atoms with Gasteiger partial charge in [0.2, 0.25) is 0 Å². The van der Waals surface area contributed by atoms with Gasteiger partial charge in [0, 0.05) is 7.11 Å². The minimum absolute atomic E-state index is 0.113. The summed E-state index contributed by atoms with van der Waals surface area (Å²) in [7, 11) is 1.88. The number of allylic oxidation sites excluding steroid dienone is 1. The van der Waals surface area contributed by atoms with E-state index >= 15 is 0 Å². The zero-order chi connectivity index (χ0) is 16.9. The lowest BCUT2D eigenvalue weighted by Crippen LogP contribution is -2.44. The molecule has 0 aromatic rings. The van der Waals surface area contributed by atoms with Crippen molar-refractivity contribution < 1.29 is 9.84 Å². The van der Waals surface area contributed by atoms with Crippen LogP contribution in [0.5, 0.6) is 0 Å². The molecule has 3 saturated carbocycles. The molecule has 3 fully saturated rings. The first-order valence-corrected chi connectivity index (χ1v) is 10.4. The minimum Gasteiger partial charge on any atom is -0.393 e. The Morgan fingerprint density at radius 3 is 2.71 bits per heavy atom. The highest BCUT2D eigenvalue weighted by Crippen LogP contribution is 2.60. The fraction of sp³-hybridized carbons (Fsp3) is 0.909. The van der Waals surface area contributed by atoms with Crippen molar-refractivity contribution in [1.82, 2.24) is 0 Å². The van der Waals surface area contributed by atoms with Crippen molar-refractivity contribution in [2.75, 3.05) is 7.11 Å². The van der Waals surface area contributed by atoms with Gasteiger partial charge in [0.25, 0.3) is 0 Å². The third-order valence-electron chi connectivity index (χ3n) is 8.63. The maximum atomic E-state index is 10.2. The van der Waals surface area contributed by atoms with E-state index < -0.39 is 0 Å². The van der Waals surface area contributed by atoms with Crippen molar-refractivity contribution in [1.29, 1.82) is 0 Å². The average Bonchev–Trinajstić information content (AvgIpc) is 2.72. The predicted octanol–water partition coefficient (Wildman–Crippen LogP) is 4.96. The van der Waals surface area contributed by atoms with Crippen LogP contribution in [0.4, 0.5) is 0 Å². The zero-order valence-corrected chi connectivity index (χ0v) is 15.8. The van der Waals surface area contributed by atoms with Crippen LogP contribution >= 0.6 is 0 Å². The third-order valence-corrected chi connectivity index (χ3v) is 8.63. The van der Waals surface area contributed by atoms with Gasteiger partial charge in [-0.05, 0) is 99.7 Å². The normalized spacial score (nSPS) is 49.4. The summed E-state index contributed by atoms with van der Waals surface area (Å²) < 4.78 is 5.69. The molecular formula is C22H36O2. The molecule has 136 valence electrons. The summed E-state index contributed by atoms with van der Waals surface area (Å²) in [4.78, 5) is 0. The zero-order valence-electron chi connectivity index (χ0n) is 15.8. The first-order valence-electron chi connectivity index (χ1n) is 10.4. The van der Waals surface area contributed by atoms with Crippen molar-refractivity contribution in [2.45, 2.75) is 83.8 Å². The van der Waals surface area contributed by atoms with Crippen LogP contribution in [0.15, 0.2) is 11.6 Å². The highest BCUT2D eigenvalue weighted by Gasteiger charge is 2.51. The van der Waals surface area contributed by atoms with E-state index in [-0.39, 0.29) is 6.10 Å². The number of hydrogen-bond acceptors (Lipinski definition) is 2. The van der Waals surface area contributed by atoms with E-state index in [1.54, 1.807) is 5.57 Å². The minimum atomic E-state index is -0.113. The van der Waals surface area contributed by atoms with Gasteiger partial charge in [0.1, 0.15) is 0 Å². The molecule has 8 atom stereocenters. The van der Waals surface area contributed by atoms with Crippen LogP contribution < -0.4 is 0 Å². The first kappa shape index (κ1) is 17.1. The lowest BCUT2D eigenvalue weighted by Gasteiger charge is -2.52. The van der Waals surface area contributed by atoms with E-state index in [0.717, 1.165) is 23.7 Å². The quantitative estimate of drug-likeness (QED) is 0.724. The Morgan fingerprint density at radius 2 is 1.96 bits per heavy atom. The molecule has 4 aliphatic carbocycles. The number of methoxy groups -OCH3 is 1. The van der Waals surface area contributed by atoms with Crippen LogP contribution in [0.1, 0.15) is 71.6 Å². The SMILES string of the molecule is CO[C@H]1CC[C@@]2(C)C(=CCC3C2CC[C@@H]2C[C@H]3CC[C@@H]2[C@@H](C)O)C1. The van der Waals surface area contributed by atoms with Crippen molar-refractivity contribution in [3.05, 3.63) is 11.6 Å². The Morgan fingerprint density at radius 1 is 1.17 bits per heavy atom. The third kappa shape index (κ3) is 2.69. The molecule has 0 amide bonds. The molecule has 0 aliphatic heterocycles. The number of ether oxygens (including phenoxy) is 1. The van der Waals surface area contributed by atoms with E-state index in [0.29, 0.717) is 17.4 Å². The molecule has 4 rings (SSSR count). The summed E-state index contributed by atoms with van der Waals surface area (Å²) in [5.74, 6) is 4.02. The Bertz CT molecular complexity index is 496. The van der Waals surface area contributed by atoms with E-state index in [1.807, 2.05) is 14.0 Å². The van der Waals surface area contributed by atoms with E-state index in [9.17, 15) is 5.11 Å². The molecule has 0 spiro atoms. The highest BCUT2D eigenvalue weighted by molar-refractivity contribution is 5.24. The smallest absolute Gasteiger partial charge is 0.0608 e. The molecular weight excluding hydrogens is 296 g/mol. The van der Waals surface area contributed by atoms with Crippen LogP contribution in [-0.2, 0) is 4.74 Å². The Balaban J connectivity index is 1.59. The molecule has 2 unspecified atom stereocenters. The second kappa shape index (κ2) is 6.43. The highest BCUT2D eigenvalue weighted by atomic mass is 16.5. The second-order valence-corrected chi connectivity index (χ2v) is 9.57. The van der Waals surface area contributed by atoms with Crippen LogP contribution in [0, 0.1) is 35.0 Å². The molecule has 0 saturated heterocycles. The van der Waals surface area contributed by atoms with Crippen molar-refractivity contribution >= 4 is 0 Å². The predicted molar refractivity (Wildman–Crippen MR) is 97.7 cm³/mol. The van der Waals surface area contributed by atoms with Gasteiger partial charge in [-0.15, -0.1) is 0 Å². The lowest BCUT2D eigenvalue weighted by molar-refractivity contribution is 0.00725. The molecule has 1 N–H and O–H groups in total. The van der Waals surface area contributed by atoms with E-state index in [2.05, 4.69) is 13.0 Å². The van der Waals surface area contributed by atoms with Gasteiger partial charge in [-0.1, -0.05) is 18.6 Å². The largest absolute Gasteiger partial charge is 0.393 e. The Hall–Kier alpha value is -0.340. The first-order chi connectivity index (χ1) is 11.5. The molecule has 24 heavy (non-hydrogen) atoms. The number of aliphatic hydroxyl groups is 1. The van der Waals surface area contributed by atoms with E-state index in [4.69, 9.17) is 4.74 Å². The average molecular weight is 333 g/mol. The van der Waals surface area contributed by atoms with Gasteiger partial charge in [-0.3, -0.25) is 0 Å². The Kier molecular flexibility index (Phi) is 4.58. The van der Waals surface area contributed by atoms with Crippen LogP contribution in [-0.4, -0.2) is 24.4 Å². The van der Waals surface area contributed by atoms with Gasteiger partial charge >= 0.3 is 0 Å². The van der Waals surface area contributed by atoms with Crippen LogP contribution in [0.25, 0.3) is 0 Å². The van der Waals surface area contributed by atoms with Gasteiger partial charge in [0.15, 0.2) is 0 Å². The maximum Gasteiger partial charge on any atom is 0.0608 e. The fourth-order valence-corrected chi connectivity index (χ4v) is 7.19. The fourth-order valence-electron chi connectivity index (χ4n) is 7.19. The molecule has 4 aliphatic rings. The van der Waals surface area contributed by atoms with Gasteiger partial charge in [0.05, 0.1) is 12.2 Å².